The summed E-state index contributed by atoms with van der Waals surface area (Å²) in [6.45, 7) is 0. The number of hydrogen-bond donors (Lipinski definition) is 0. The van der Waals surface area contributed by atoms with Crippen LogP contribution in [0.2, 0.25) is 5.02 Å². The SMILES string of the molecule is O=S(=O)(F)c1ncccc1Cl. The standard InChI is InChI=1S/C5H3ClFNO2S/c6-4-2-1-3-8-5(4)11(7,9)10/h1-3H. The minimum absolute atomic E-state index is 0.213. The molecule has 1 rings (SSSR count). The lowest BCUT2D eigenvalue weighted by molar-refractivity contribution is 0.548. The summed E-state index contributed by atoms with van der Waals surface area (Å²) in [5, 5.41) is -0.948. The van der Waals surface area contributed by atoms with Crippen molar-refractivity contribution in [2.24, 2.45) is 0 Å². The fourth-order valence-electron chi connectivity index (χ4n) is 0.551. The molecule has 0 saturated carbocycles. The molecule has 1 heterocycles. The largest absolute Gasteiger partial charge is 0.351 e. The number of aromatic nitrogens is 1. The molecule has 0 aliphatic heterocycles. The van der Waals surface area contributed by atoms with Crippen molar-refractivity contribution in [2.75, 3.05) is 0 Å². The molecule has 0 aliphatic carbocycles. The normalized spacial score (nSPS) is 11.5. The second-order valence-electron chi connectivity index (χ2n) is 1.73. The van der Waals surface area contributed by atoms with Crippen molar-refractivity contribution in [3.63, 3.8) is 0 Å². The second-order valence-corrected chi connectivity index (χ2v) is 3.40. The van der Waals surface area contributed by atoms with Gasteiger partial charge in [0.05, 0.1) is 5.02 Å². The zero-order chi connectivity index (χ0) is 8.48. The Morgan fingerprint density at radius 1 is 1.55 bits per heavy atom. The van der Waals surface area contributed by atoms with E-state index in [1.807, 2.05) is 0 Å². The molecule has 0 spiro atoms. The van der Waals surface area contributed by atoms with Gasteiger partial charge in [0.1, 0.15) is 0 Å². The number of rotatable bonds is 1. The van der Waals surface area contributed by atoms with E-state index in [-0.39, 0.29) is 5.02 Å². The minimum Gasteiger partial charge on any atom is -0.241 e. The van der Waals surface area contributed by atoms with Gasteiger partial charge in [0.2, 0.25) is 5.03 Å². The van der Waals surface area contributed by atoms with E-state index in [1.54, 1.807) is 0 Å². The van der Waals surface area contributed by atoms with E-state index in [0.717, 1.165) is 6.20 Å². The molecule has 0 amide bonds. The lowest BCUT2D eigenvalue weighted by atomic mass is 10.5. The molecule has 0 N–H and O–H groups in total. The third kappa shape index (κ3) is 1.87. The topological polar surface area (TPSA) is 47.0 Å². The third-order valence-electron chi connectivity index (χ3n) is 0.956. The molecule has 0 unspecified atom stereocenters. The third-order valence-corrected chi connectivity index (χ3v) is 2.16. The van der Waals surface area contributed by atoms with E-state index >= 15 is 0 Å². The molecular formula is C5H3ClFNO2S. The van der Waals surface area contributed by atoms with Crippen LogP contribution in [0.3, 0.4) is 0 Å². The maximum absolute atomic E-state index is 12.2. The van der Waals surface area contributed by atoms with Crippen LogP contribution in [0.1, 0.15) is 0 Å². The average Bonchev–Trinajstić information content (AvgIpc) is 1.86. The number of nitrogens with zero attached hydrogens (tertiary/aromatic N) is 1. The Labute approximate surface area is 68.0 Å². The molecule has 6 heteroatoms. The first kappa shape index (κ1) is 8.42. The lowest BCUT2D eigenvalue weighted by Crippen LogP contribution is -1.95. The molecule has 11 heavy (non-hydrogen) atoms. The van der Waals surface area contributed by atoms with Crippen LogP contribution in [0.5, 0.6) is 0 Å². The summed E-state index contributed by atoms with van der Waals surface area (Å²) in [6, 6.07) is 2.66. The molecule has 1 aromatic rings. The molecule has 0 aliphatic rings. The first-order chi connectivity index (χ1) is 5.02. The highest BCUT2D eigenvalue weighted by molar-refractivity contribution is 7.86. The summed E-state index contributed by atoms with van der Waals surface area (Å²) in [4.78, 5) is 3.25. The summed E-state index contributed by atoms with van der Waals surface area (Å²) in [5.74, 6) is 0. The molecular weight excluding hydrogens is 193 g/mol. The summed E-state index contributed by atoms with van der Waals surface area (Å²) in [5.41, 5.74) is 0. The fourth-order valence-corrected chi connectivity index (χ4v) is 1.44. The molecule has 0 bridgehead atoms. The van der Waals surface area contributed by atoms with Gasteiger partial charge >= 0.3 is 10.2 Å². The summed E-state index contributed by atoms with van der Waals surface area (Å²) in [6.07, 6.45) is 1.15. The smallest absolute Gasteiger partial charge is 0.241 e. The monoisotopic (exact) mass is 195 g/mol. The predicted octanol–water partition coefficient (Wildman–Crippen LogP) is 1.39. The molecule has 60 valence electrons. The molecule has 0 fully saturated rings. The van der Waals surface area contributed by atoms with Crippen molar-refractivity contribution in [2.45, 2.75) is 5.03 Å². The van der Waals surface area contributed by atoms with Crippen LogP contribution in [0, 0.1) is 0 Å². The predicted molar refractivity (Wildman–Crippen MR) is 37.5 cm³/mol. The van der Waals surface area contributed by atoms with Crippen LogP contribution in [0.25, 0.3) is 0 Å². The summed E-state index contributed by atoms with van der Waals surface area (Å²) >= 11 is 5.33. The van der Waals surface area contributed by atoms with Crippen molar-refractivity contribution < 1.29 is 12.3 Å². The van der Waals surface area contributed by atoms with Crippen LogP contribution in [0.15, 0.2) is 23.4 Å². The highest BCUT2D eigenvalue weighted by Gasteiger charge is 2.16. The van der Waals surface area contributed by atoms with Gasteiger partial charge in [-0.15, -0.1) is 0 Å². The van der Waals surface area contributed by atoms with Crippen molar-refractivity contribution in [3.05, 3.63) is 23.4 Å². The zero-order valence-electron chi connectivity index (χ0n) is 5.16. The van der Waals surface area contributed by atoms with Crippen LogP contribution in [-0.2, 0) is 10.2 Å². The van der Waals surface area contributed by atoms with Crippen molar-refractivity contribution in [3.8, 4) is 0 Å². The Morgan fingerprint density at radius 2 is 2.18 bits per heavy atom. The van der Waals surface area contributed by atoms with Gasteiger partial charge in [0.15, 0.2) is 0 Å². The first-order valence-corrected chi connectivity index (χ1v) is 4.33. The first-order valence-electron chi connectivity index (χ1n) is 2.57. The van der Waals surface area contributed by atoms with E-state index in [4.69, 9.17) is 11.6 Å². The molecule has 0 radical (unpaired) electrons. The number of pyridine rings is 1. The minimum atomic E-state index is -4.78. The van der Waals surface area contributed by atoms with Crippen molar-refractivity contribution >= 4 is 21.8 Å². The highest BCUT2D eigenvalue weighted by Crippen LogP contribution is 2.18. The maximum Gasteiger partial charge on any atom is 0.351 e. The molecule has 3 nitrogen and oxygen atoms in total. The summed E-state index contributed by atoms with van der Waals surface area (Å²) in [7, 11) is -4.78. The Morgan fingerprint density at radius 3 is 2.55 bits per heavy atom. The Kier molecular flexibility index (Phi) is 2.10. The van der Waals surface area contributed by atoms with E-state index in [1.165, 1.54) is 12.1 Å². The molecule has 0 aromatic carbocycles. The number of halogens is 2. The van der Waals surface area contributed by atoms with E-state index in [9.17, 15) is 12.3 Å². The van der Waals surface area contributed by atoms with E-state index in [2.05, 4.69) is 4.98 Å². The zero-order valence-corrected chi connectivity index (χ0v) is 6.73. The van der Waals surface area contributed by atoms with Gasteiger partial charge in [0, 0.05) is 6.20 Å². The van der Waals surface area contributed by atoms with Gasteiger partial charge in [-0.2, -0.15) is 8.42 Å². The number of hydrogen-bond acceptors (Lipinski definition) is 3. The highest BCUT2D eigenvalue weighted by atomic mass is 35.5. The Balaban J connectivity index is 3.37. The van der Waals surface area contributed by atoms with Gasteiger partial charge in [-0.3, -0.25) is 0 Å². The van der Waals surface area contributed by atoms with Crippen molar-refractivity contribution in [1.29, 1.82) is 0 Å². The van der Waals surface area contributed by atoms with Gasteiger partial charge in [0.25, 0.3) is 0 Å². The van der Waals surface area contributed by atoms with E-state index in [0.29, 0.717) is 0 Å². The van der Waals surface area contributed by atoms with Crippen LogP contribution in [0.4, 0.5) is 3.89 Å². The van der Waals surface area contributed by atoms with Crippen LogP contribution in [-0.4, -0.2) is 13.4 Å². The Bertz CT molecular complexity index is 365. The molecule has 0 atom stereocenters. The quantitative estimate of drug-likeness (QED) is 0.637. The maximum atomic E-state index is 12.2. The van der Waals surface area contributed by atoms with E-state index < -0.39 is 15.2 Å². The fraction of sp³-hybridized carbons (Fsp3) is 0. The molecule has 1 aromatic heterocycles. The average molecular weight is 196 g/mol. The lowest BCUT2D eigenvalue weighted by Gasteiger charge is -1.94. The summed E-state index contributed by atoms with van der Waals surface area (Å²) < 4.78 is 32.7. The van der Waals surface area contributed by atoms with Crippen LogP contribution >= 0.6 is 11.6 Å². The van der Waals surface area contributed by atoms with Gasteiger partial charge in [-0.25, -0.2) is 4.98 Å². The van der Waals surface area contributed by atoms with Crippen LogP contribution < -0.4 is 0 Å². The van der Waals surface area contributed by atoms with Gasteiger partial charge in [-0.05, 0) is 12.1 Å². The molecule has 0 saturated heterocycles. The van der Waals surface area contributed by atoms with Gasteiger partial charge < -0.3 is 0 Å². The Hall–Kier alpha value is -0.680. The van der Waals surface area contributed by atoms with Crippen molar-refractivity contribution in [1.82, 2.24) is 4.98 Å². The second kappa shape index (κ2) is 2.75. The van der Waals surface area contributed by atoms with Gasteiger partial charge in [-0.1, -0.05) is 15.5 Å².